The average molecular weight is 454 g/mol. The SMILES string of the molecule is C=S(C)(C)=Nc1cc(C)c2c(Cc3ccc(F)cc3O[C@H](C)C(F)(F)F)ncnc2c1. The molecule has 0 fully saturated rings. The Balaban J connectivity index is 2.06. The molecule has 4 nitrogen and oxygen atoms in total. The molecule has 0 N–H and O–H groups in total. The summed E-state index contributed by atoms with van der Waals surface area (Å²) in [4.78, 5) is 8.67. The molecule has 0 saturated heterocycles. The molecule has 0 aliphatic carbocycles. The van der Waals surface area contributed by atoms with Crippen LogP contribution in [0.25, 0.3) is 10.9 Å². The van der Waals surface area contributed by atoms with Crippen LogP contribution in [0.15, 0.2) is 41.0 Å². The van der Waals surface area contributed by atoms with E-state index in [2.05, 4.69) is 20.2 Å². The predicted molar refractivity (Wildman–Crippen MR) is 118 cm³/mol. The molecular formula is C22H23F4N3OS. The van der Waals surface area contributed by atoms with E-state index in [4.69, 9.17) is 4.74 Å². The lowest BCUT2D eigenvalue weighted by molar-refractivity contribution is -0.189. The van der Waals surface area contributed by atoms with Gasteiger partial charge in [0, 0.05) is 23.4 Å². The highest BCUT2D eigenvalue weighted by molar-refractivity contribution is 8.01. The minimum absolute atomic E-state index is 0.155. The number of rotatable bonds is 5. The normalized spacial score (nSPS) is 13.3. The van der Waals surface area contributed by atoms with Crippen LogP contribution in [0, 0.1) is 12.7 Å². The van der Waals surface area contributed by atoms with Crippen LogP contribution in [-0.2, 0) is 15.8 Å². The zero-order valence-corrected chi connectivity index (χ0v) is 18.4. The summed E-state index contributed by atoms with van der Waals surface area (Å²) in [5, 5.41) is 0.775. The summed E-state index contributed by atoms with van der Waals surface area (Å²) in [5.41, 5.74) is 3.30. The quantitative estimate of drug-likeness (QED) is 0.370. The van der Waals surface area contributed by atoms with E-state index in [9.17, 15) is 17.6 Å². The van der Waals surface area contributed by atoms with Crippen molar-refractivity contribution in [1.29, 1.82) is 0 Å². The first-order valence-corrected chi connectivity index (χ1v) is 12.0. The summed E-state index contributed by atoms with van der Waals surface area (Å²) in [5.74, 6) is 3.22. The van der Waals surface area contributed by atoms with Gasteiger partial charge in [0.25, 0.3) is 0 Å². The molecule has 166 valence electrons. The molecule has 0 bridgehead atoms. The molecule has 0 unspecified atom stereocenters. The van der Waals surface area contributed by atoms with Gasteiger partial charge >= 0.3 is 6.18 Å². The van der Waals surface area contributed by atoms with Gasteiger partial charge in [0.1, 0.15) is 17.9 Å². The number of hydrogen-bond acceptors (Lipinski definition) is 4. The number of nitrogens with zero attached hydrogens (tertiary/aromatic N) is 3. The molecule has 0 spiro atoms. The number of ether oxygens (including phenoxy) is 1. The fourth-order valence-corrected chi connectivity index (χ4v) is 3.82. The second-order valence-electron chi connectivity index (χ2n) is 7.78. The lowest BCUT2D eigenvalue weighted by atomic mass is 10.0. The third-order valence-corrected chi connectivity index (χ3v) is 5.21. The van der Waals surface area contributed by atoms with Crippen molar-refractivity contribution >= 4 is 31.9 Å². The number of aryl methyl sites for hydroxylation is 1. The van der Waals surface area contributed by atoms with Gasteiger partial charge in [-0.3, -0.25) is 0 Å². The fourth-order valence-electron chi connectivity index (χ4n) is 3.15. The molecule has 9 heteroatoms. The van der Waals surface area contributed by atoms with Crippen LogP contribution in [-0.4, -0.2) is 40.6 Å². The smallest absolute Gasteiger partial charge is 0.425 e. The van der Waals surface area contributed by atoms with Crippen molar-refractivity contribution in [3.8, 4) is 5.75 Å². The Bertz CT molecular complexity index is 1240. The predicted octanol–water partition coefficient (Wildman–Crippen LogP) is 5.66. The van der Waals surface area contributed by atoms with Crippen molar-refractivity contribution in [1.82, 2.24) is 9.97 Å². The van der Waals surface area contributed by atoms with E-state index in [1.165, 1.54) is 18.5 Å². The fraction of sp³-hybridized carbons (Fsp3) is 0.318. The third kappa shape index (κ3) is 5.72. The molecule has 1 aromatic heterocycles. The zero-order valence-electron chi connectivity index (χ0n) is 17.6. The van der Waals surface area contributed by atoms with Crippen molar-refractivity contribution in [3.63, 3.8) is 0 Å². The standard InChI is InChI=1S/C22H23F4N3OS/c1-13-8-17(29-31(3,4)5)11-19-21(13)18(27-12-28-19)9-15-6-7-16(23)10-20(15)30-14(2)22(24,25)26/h6-8,10-12,14H,3,9H2,1-2,4-5H3/t14-/m1/s1. The van der Waals surface area contributed by atoms with Crippen molar-refractivity contribution in [2.24, 2.45) is 4.36 Å². The van der Waals surface area contributed by atoms with E-state index in [1.807, 2.05) is 31.6 Å². The van der Waals surface area contributed by atoms with Crippen LogP contribution in [0.1, 0.15) is 23.7 Å². The third-order valence-electron chi connectivity index (χ3n) is 4.50. The largest absolute Gasteiger partial charge is 0.481 e. The lowest BCUT2D eigenvalue weighted by Gasteiger charge is -2.20. The summed E-state index contributed by atoms with van der Waals surface area (Å²) >= 11 is 0. The average Bonchev–Trinajstić information content (AvgIpc) is 2.61. The van der Waals surface area contributed by atoms with Crippen molar-refractivity contribution in [2.75, 3.05) is 12.5 Å². The molecule has 3 rings (SSSR count). The lowest BCUT2D eigenvalue weighted by Crippen LogP contribution is -2.31. The molecule has 0 radical (unpaired) electrons. The first-order valence-electron chi connectivity index (χ1n) is 9.39. The van der Waals surface area contributed by atoms with E-state index >= 15 is 0 Å². The number of aromatic nitrogens is 2. The first kappa shape index (κ1) is 23.0. The molecule has 2 aromatic carbocycles. The molecule has 0 aliphatic heterocycles. The Labute approximate surface area is 179 Å². The van der Waals surface area contributed by atoms with E-state index < -0.39 is 27.5 Å². The second-order valence-corrected chi connectivity index (χ2v) is 10.9. The van der Waals surface area contributed by atoms with Gasteiger partial charge in [0.15, 0.2) is 6.10 Å². The Morgan fingerprint density at radius 1 is 1.16 bits per heavy atom. The van der Waals surface area contributed by atoms with Gasteiger partial charge in [-0.25, -0.2) is 18.7 Å². The molecule has 3 aromatic rings. The molecule has 0 saturated carbocycles. The van der Waals surface area contributed by atoms with Crippen molar-refractivity contribution < 1.29 is 22.3 Å². The number of halogens is 4. The summed E-state index contributed by atoms with van der Waals surface area (Å²) in [6.07, 6.45) is -1.15. The first-order chi connectivity index (χ1) is 14.3. The summed E-state index contributed by atoms with van der Waals surface area (Å²) in [6.45, 7) is 2.78. The van der Waals surface area contributed by atoms with Crippen LogP contribution < -0.4 is 4.74 Å². The van der Waals surface area contributed by atoms with E-state index in [0.717, 1.165) is 29.6 Å². The van der Waals surface area contributed by atoms with Gasteiger partial charge < -0.3 is 4.74 Å². The highest BCUT2D eigenvalue weighted by Gasteiger charge is 2.38. The Hall–Kier alpha value is -2.68. The zero-order chi connectivity index (χ0) is 23.0. The Kier molecular flexibility index (Phi) is 6.27. The summed E-state index contributed by atoms with van der Waals surface area (Å²) in [7, 11) is -1.37. The second kappa shape index (κ2) is 8.45. The molecule has 1 heterocycles. The maximum Gasteiger partial charge on any atom is 0.425 e. The van der Waals surface area contributed by atoms with Gasteiger partial charge in [0.05, 0.1) is 16.9 Å². The molecule has 1 atom stereocenters. The van der Waals surface area contributed by atoms with Gasteiger partial charge in [-0.2, -0.15) is 13.2 Å². The van der Waals surface area contributed by atoms with Crippen LogP contribution in [0.2, 0.25) is 0 Å². The van der Waals surface area contributed by atoms with Gasteiger partial charge in [-0.1, -0.05) is 11.9 Å². The monoisotopic (exact) mass is 453 g/mol. The van der Waals surface area contributed by atoms with E-state index in [-0.39, 0.29) is 12.2 Å². The highest BCUT2D eigenvalue weighted by atomic mass is 32.2. The van der Waals surface area contributed by atoms with Gasteiger partial charge in [0.2, 0.25) is 0 Å². The van der Waals surface area contributed by atoms with Crippen molar-refractivity contribution in [3.05, 3.63) is 59.3 Å². The minimum atomic E-state index is -4.56. The minimum Gasteiger partial charge on any atom is -0.481 e. The number of alkyl halides is 3. The van der Waals surface area contributed by atoms with Gasteiger partial charge in [-0.15, -0.1) is 9.41 Å². The maximum absolute atomic E-state index is 13.7. The van der Waals surface area contributed by atoms with Crippen LogP contribution in [0.4, 0.5) is 23.2 Å². The number of fused-ring (bicyclic) bond motifs is 1. The molecule has 0 amide bonds. The molecule has 31 heavy (non-hydrogen) atoms. The van der Waals surface area contributed by atoms with Crippen molar-refractivity contribution in [2.45, 2.75) is 32.5 Å². The Morgan fingerprint density at radius 3 is 2.52 bits per heavy atom. The Morgan fingerprint density at radius 2 is 1.87 bits per heavy atom. The van der Waals surface area contributed by atoms with E-state index in [1.54, 1.807) is 0 Å². The highest BCUT2D eigenvalue weighted by Crippen LogP contribution is 2.32. The molecule has 0 aliphatic rings. The van der Waals surface area contributed by atoms with Gasteiger partial charge in [-0.05, 0) is 50.1 Å². The van der Waals surface area contributed by atoms with Crippen LogP contribution in [0.3, 0.4) is 0 Å². The molecular weight excluding hydrogens is 430 g/mol. The van der Waals surface area contributed by atoms with Crippen LogP contribution >= 0.6 is 0 Å². The number of benzene rings is 2. The topological polar surface area (TPSA) is 47.4 Å². The van der Waals surface area contributed by atoms with E-state index in [0.29, 0.717) is 16.8 Å². The van der Waals surface area contributed by atoms with Crippen LogP contribution in [0.5, 0.6) is 5.75 Å². The number of hydrogen-bond donors (Lipinski definition) is 0. The summed E-state index contributed by atoms with van der Waals surface area (Å²) in [6, 6.07) is 7.30. The maximum atomic E-state index is 13.7. The summed E-state index contributed by atoms with van der Waals surface area (Å²) < 4.78 is 62.3.